The van der Waals surface area contributed by atoms with E-state index in [4.69, 9.17) is 9.26 Å². The van der Waals surface area contributed by atoms with Crippen molar-refractivity contribution in [1.82, 2.24) is 10.5 Å². The normalized spacial score (nSPS) is 13.9. The van der Waals surface area contributed by atoms with E-state index >= 15 is 0 Å². The SMILES string of the molecule is Cc1noc(C)c1C(C)NCC(O)COc1ccccc1. The number of aryl methyl sites for hydroxylation is 2. The molecule has 0 aliphatic rings. The van der Waals surface area contributed by atoms with Crippen LogP contribution in [0, 0.1) is 13.8 Å². The summed E-state index contributed by atoms with van der Waals surface area (Å²) < 4.78 is 10.7. The van der Waals surface area contributed by atoms with E-state index in [1.54, 1.807) is 0 Å². The van der Waals surface area contributed by atoms with Crippen molar-refractivity contribution in [3.63, 3.8) is 0 Å². The quantitative estimate of drug-likeness (QED) is 0.819. The van der Waals surface area contributed by atoms with E-state index in [0.717, 1.165) is 22.8 Å². The van der Waals surface area contributed by atoms with Crippen LogP contribution in [0.1, 0.15) is 30.0 Å². The summed E-state index contributed by atoms with van der Waals surface area (Å²) in [5.41, 5.74) is 1.92. The molecule has 2 atom stereocenters. The van der Waals surface area contributed by atoms with Crippen LogP contribution in [0.3, 0.4) is 0 Å². The van der Waals surface area contributed by atoms with E-state index in [0.29, 0.717) is 6.54 Å². The number of benzene rings is 1. The zero-order chi connectivity index (χ0) is 15.2. The van der Waals surface area contributed by atoms with Crippen LogP contribution >= 0.6 is 0 Å². The van der Waals surface area contributed by atoms with Gasteiger partial charge in [-0.3, -0.25) is 0 Å². The number of hydrogen-bond donors (Lipinski definition) is 2. The fourth-order valence-electron chi connectivity index (χ4n) is 2.29. The molecule has 0 aliphatic heterocycles. The Bertz CT molecular complexity index is 534. The van der Waals surface area contributed by atoms with Crippen molar-refractivity contribution in [1.29, 1.82) is 0 Å². The van der Waals surface area contributed by atoms with Gasteiger partial charge in [-0.25, -0.2) is 0 Å². The summed E-state index contributed by atoms with van der Waals surface area (Å²) in [4.78, 5) is 0. The molecule has 0 aliphatic carbocycles. The predicted octanol–water partition coefficient (Wildman–Crippen LogP) is 2.38. The summed E-state index contributed by atoms with van der Waals surface area (Å²) in [5.74, 6) is 1.57. The van der Waals surface area contributed by atoms with E-state index in [-0.39, 0.29) is 12.6 Å². The Labute approximate surface area is 124 Å². The van der Waals surface area contributed by atoms with Gasteiger partial charge in [0.1, 0.15) is 24.2 Å². The lowest BCUT2D eigenvalue weighted by molar-refractivity contribution is 0.104. The molecular weight excluding hydrogens is 268 g/mol. The zero-order valence-electron chi connectivity index (χ0n) is 12.7. The van der Waals surface area contributed by atoms with Gasteiger partial charge in [0.15, 0.2) is 0 Å². The van der Waals surface area contributed by atoms with Gasteiger partial charge in [0.05, 0.1) is 5.69 Å². The van der Waals surface area contributed by atoms with Crippen molar-refractivity contribution < 1.29 is 14.4 Å². The van der Waals surface area contributed by atoms with Gasteiger partial charge in [-0.1, -0.05) is 23.4 Å². The second kappa shape index (κ2) is 7.24. The lowest BCUT2D eigenvalue weighted by atomic mass is 10.1. The molecule has 0 fully saturated rings. The molecule has 0 bridgehead atoms. The van der Waals surface area contributed by atoms with E-state index in [2.05, 4.69) is 10.5 Å². The summed E-state index contributed by atoms with van der Waals surface area (Å²) in [5, 5.41) is 17.2. The Hall–Kier alpha value is -1.85. The van der Waals surface area contributed by atoms with Crippen LogP contribution in [-0.4, -0.2) is 29.5 Å². The minimum atomic E-state index is -0.576. The highest BCUT2D eigenvalue weighted by Gasteiger charge is 2.17. The molecule has 2 aromatic rings. The number of aromatic nitrogens is 1. The van der Waals surface area contributed by atoms with Crippen LogP contribution in [0.4, 0.5) is 0 Å². The number of hydrogen-bond acceptors (Lipinski definition) is 5. The molecular formula is C16H22N2O3. The summed E-state index contributed by atoms with van der Waals surface area (Å²) in [6, 6.07) is 9.54. The van der Waals surface area contributed by atoms with Crippen LogP contribution < -0.4 is 10.1 Å². The average molecular weight is 290 g/mol. The summed E-state index contributed by atoms with van der Waals surface area (Å²) in [7, 11) is 0. The Morgan fingerprint density at radius 1 is 1.29 bits per heavy atom. The molecule has 1 aromatic carbocycles. The fourth-order valence-corrected chi connectivity index (χ4v) is 2.29. The van der Waals surface area contributed by atoms with Gasteiger partial charge < -0.3 is 19.7 Å². The maximum Gasteiger partial charge on any atom is 0.138 e. The summed E-state index contributed by atoms with van der Waals surface area (Å²) in [6.07, 6.45) is -0.576. The Kier molecular flexibility index (Phi) is 5.36. The van der Waals surface area contributed by atoms with Crippen molar-refractivity contribution in [3.8, 4) is 5.75 Å². The first kappa shape index (κ1) is 15.5. The molecule has 5 nitrogen and oxygen atoms in total. The number of ether oxygens (including phenoxy) is 1. The van der Waals surface area contributed by atoms with Gasteiger partial charge in [-0.15, -0.1) is 0 Å². The third-order valence-corrected chi connectivity index (χ3v) is 3.37. The van der Waals surface area contributed by atoms with E-state index in [1.165, 1.54) is 0 Å². The predicted molar refractivity (Wildman–Crippen MR) is 80.3 cm³/mol. The molecule has 2 N–H and O–H groups in total. The maximum absolute atomic E-state index is 9.97. The molecule has 21 heavy (non-hydrogen) atoms. The van der Waals surface area contributed by atoms with Crippen molar-refractivity contribution in [3.05, 3.63) is 47.3 Å². The molecule has 0 saturated carbocycles. The monoisotopic (exact) mass is 290 g/mol. The minimum absolute atomic E-state index is 0.0719. The fraction of sp³-hybridized carbons (Fsp3) is 0.438. The Morgan fingerprint density at radius 3 is 2.62 bits per heavy atom. The molecule has 5 heteroatoms. The van der Waals surface area contributed by atoms with Crippen molar-refractivity contribution in [2.45, 2.75) is 32.9 Å². The third-order valence-electron chi connectivity index (χ3n) is 3.37. The molecule has 114 valence electrons. The van der Waals surface area contributed by atoms with Gasteiger partial charge in [-0.05, 0) is 32.9 Å². The van der Waals surface area contributed by atoms with Crippen molar-refractivity contribution >= 4 is 0 Å². The standard InChI is InChI=1S/C16H22N2O3/c1-11(16-12(2)18-21-13(16)3)17-9-14(19)10-20-15-7-5-4-6-8-15/h4-8,11,14,17,19H,9-10H2,1-3H3. The second-order valence-corrected chi connectivity index (χ2v) is 5.15. The number of aliphatic hydroxyl groups is 1. The second-order valence-electron chi connectivity index (χ2n) is 5.15. The summed E-state index contributed by atoms with van der Waals surface area (Å²) in [6.45, 7) is 6.53. The highest BCUT2D eigenvalue weighted by atomic mass is 16.5. The Morgan fingerprint density at radius 2 is 2.00 bits per heavy atom. The molecule has 1 aromatic heterocycles. The lowest BCUT2D eigenvalue weighted by Crippen LogP contribution is -2.33. The topological polar surface area (TPSA) is 67.5 Å². The van der Waals surface area contributed by atoms with Crippen LogP contribution in [0.25, 0.3) is 0 Å². The van der Waals surface area contributed by atoms with Gasteiger partial charge in [-0.2, -0.15) is 0 Å². The zero-order valence-corrected chi connectivity index (χ0v) is 12.7. The first-order valence-corrected chi connectivity index (χ1v) is 7.10. The van der Waals surface area contributed by atoms with Crippen LogP contribution in [0.5, 0.6) is 5.75 Å². The largest absolute Gasteiger partial charge is 0.491 e. The molecule has 2 unspecified atom stereocenters. The molecule has 0 amide bonds. The third kappa shape index (κ3) is 4.31. The number of rotatable bonds is 7. The van der Waals surface area contributed by atoms with Crippen LogP contribution in [-0.2, 0) is 0 Å². The highest BCUT2D eigenvalue weighted by Crippen LogP contribution is 2.20. The van der Waals surface area contributed by atoms with E-state index < -0.39 is 6.10 Å². The maximum atomic E-state index is 9.97. The van der Waals surface area contributed by atoms with Crippen molar-refractivity contribution in [2.24, 2.45) is 0 Å². The molecule has 0 spiro atoms. The van der Waals surface area contributed by atoms with E-state index in [9.17, 15) is 5.11 Å². The number of nitrogens with zero attached hydrogens (tertiary/aromatic N) is 1. The Balaban J connectivity index is 1.77. The molecule has 1 heterocycles. The van der Waals surface area contributed by atoms with Crippen LogP contribution in [0.15, 0.2) is 34.9 Å². The first-order valence-electron chi connectivity index (χ1n) is 7.10. The number of nitrogens with one attached hydrogen (secondary N) is 1. The molecule has 0 radical (unpaired) electrons. The summed E-state index contributed by atoms with van der Waals surface area (Å²) >= 11 is 0. The smallest absolute Gasteiger partial charge is 0.138 e. The van der Waals surface area contributed by atoms with Gasteiger partial charge in [0, 0.05) is 18.2 Å². The minimum Gasteiger partial charge on any atom is -0.491 e. The van der Waals surface area contributed by atoms with Gasteiger partial charge in [0.25, 0.3) is 0 Å². The average Bonchev–Trinajstić information content (AvgIpc) is 2.83. The lowest BCUT2D eigenvalue weighted by Gasteiger charge is -2.17. The molecule has 0 saturated heterocycles. The van der Waals surface area contributed by atoms with Gasteiger partial charge >= 0.3 is 0 Å². The number of aliphatic hydroxyl groups excluding tert-OH is 1. The highest BCUT2D eigenvalue weighted by molar-refractivity contribution is 5.24. The van der Waals surface area contributed by atoms with E-state index in [1.807, 2.05) is 51.1 Å². The van der Waals surface area contributed by atoms with Gasteiger partial charge in [0.2, 0.25) is 0 Å². The first-order chi connectivity index (χ1) is 10.1. The molecule has 2 rings (SSSR count). The van der Waals surface area contributed by atoms with Crippen LogP contribution in [0.2, 0.25) is 0 Å². The van der Waals surface area contributed by atoms with Crippen molar-refractivity contribution in [2.75, 3.05) is 13.2 Å². The number of para-hydroxylation sites is 1.